The molecule has 4 N–H and O–H groups in total. The Morgan fingerprint density at radius 2 is 1.61 bits per heavy atom. The molecule has 0 bridgehead atoms. The van der Waals surface area contributed by atoms with Gasteiger partial charge < -0.3 is 21.3 Å². The van der Waals surface area contributed by atoms with Gasteiger partial charge in [0.05, 0.1) is 6.04 Å². The van der Waals surface area contributed by atoms with Crippen LogP contribution in [0.25, 0.3) is 0 Å². The number of alkyl halides is 5. The third kappa shape index (κ3) is 8.64. The SMILES string of the molecule is CC1(NC(=O)C(=O)N[C@@H](CC2CC2)C(=O)N[C@@H](C[C@@H]2CCNC2)C(=O)COC(F)(F)F)CC(F)(F)C1. The van der Waals surface area contributed by atoms with Crippen LogP contribution in [-0.4, -0.2) is 73.1 Å². The number of nitrogens with one attached hydrogen (secondary N) is 4. The summed E-state index contributed by atoms with van der Waals surface area (Å²) in [5.74, 6) is -7.07. The Morgan fingerprint density at radius 3 is 2.14 bits per heavy atom. The van der Waals surface area contributed by atoms with Gasteiger partial charge in [-0.2, -0.15) is 0 Å². The number of carbonyl (C=O) groups excluding carboxylic acids is 4. The molecular formula is C22H31F5N4O5. The summed E-state index contributed by atoms with van der Waals surface area (Å²) >= 11 is 0. The minimum Gasteiger partial charge on any atom is -0.344 e. The third-order valence-corrected chi connectivity index (χ3v) is 6.62. The molecule has 0 unspecified atom stereocenters. The molecule has 1 heterocycles. The van der Waals surface area contributed by atoms with Gasteiger partial charge in [-0.15, -0.1) is 13.2 Å². The summed E-state index contributed by atoms with van der Waals surface area (Å²) in [6, 6.07) is -2.51. The Hall–Kier alpha value is -2.35. The van der Waals surface area contributed by atoms with Gasteiger partial charge in [0.2, 0.25) is 5.91 Å². The highest BCUT2D eigenvalue weighted by atomic mass is 19.4. The number of ketones is 1. The smallest absolute Gasteiger partial charge is 0.344 e. The number of Topliss-reactive ketones (excluding diaryl/α,β-unsaturated/α-hetero) is 1. The summed E-state index contributed by atoms with van der Waals surface area (Å²) in [5, 5.41) is 10.0. The van der Waals surface area contributed by atoms with E-state index in [2.05, 4.69) is 26.0 Å². The first-order valence-electron chi connectivity index (χ1n) is 11.9. The number of hydrogen-bond donors (Lipinski definition) is 4. The molecule has 3 fully saturated rings. The van der Waals surface area contributed by atoms with Crippen molar-refractivity contribution in [3.8, 4) is 0 Å². The van der Waals surface area contributed by atoms with Crippen molar-refractivity contribution in [3.63, 3.8) is 0 Å². The molecule has 0 aromatic rings. The Balaban J connectivity index is 1.62. The Labute approximate surface area is 204 Å². The van der Waals surface area contributed by atoms with E-state index in [1.807, 2.05) is 0 Å². The Bertz CT molecular complexity index is 850. The monoisotopic (exact) mass is 526 g/mol. The number of hydrogen-bond acceptors (Lipinski definition) is 6. The van der Waals surface area contributed by atoms with E-state index in [1.54, 1.807) is 0 Å². The molecule has 3 aliphatic rings. The lowest BCUT2D eigenvalue weighted by Crippen LogP contribution is -2.63. The highest BCUT2D eigenvalue weighted by molar-refractivity contribution is 6.35. The number of halogens is 5. The second kappa shape index (κ2) is 11.0. The molecule has 1 aliphatic heterocycles. The zero-order chi connectivity index (χ0) is 26.7. The van der Waals surface area contributed by atoms with Gasteiger partial charge in [0.15, 0.2) is 5.78 Å². The highest BCUT2D eigenvalue weighted by Gasteiger charge is 2.55. The molecule has 2 aliphatic carbocycles. The molecule has 0 radical (unpaired) electrons. The molecule has 2 saturated carbocycles. The summed E-state index contributed by atoms with van der Waals surface area (Å²) in [4.78, 5) is 50.2. The summed E-state index contributed by atoms with van der Waals surface area (Å²) in [6.45, 7) is 1.29. The second-order valence-corrected chi connectivity index (χ2v) is 10.3. The third-order valence-electron chi connectivity index (χ3n) is 6.62. The molecule has 1 saturated heterocycles. The van der Waals surface area contributed by atoms with Crippen LogP contribution in [0.15, 0.2) is 0 Å². The maximum absolute atomic E-state index is 13.2. The number of rotatable bonds is 11. The zero-order valence-electron chi connectivity index (χ0n) is 19.8. The van der Waals surface area contributed by atoms with E-state index in [1.165, 1.54) is 6.92 Å². The first-order chi connectivity index (χ1) is 16.6. The molecule has 3 rings (SSSR count). The largest absolute Gasteiger partial charge is 0.522 e. The molecule has 14 heteroatoms. The predicted molar refractivity (Wildman–Crippen MR) is 115 cm³/mol. The standard InChI is InChI=1S/C22H31F5N4O5/c1-20(10-21(23,24)11-20)31-19(35)18(34)30-15(6-12-2-3-12)17(33)29-14(7-13-4-5-28-8-13)16(32)9-36-22(25,26)27/h12-15,28H,2-11H2,1H3,(H,29,33)(H,30,34)(H,31,35)/t13-,14-,15-/m0/s1. The van der Waals surface area contributed by atoms with Crippen LogP contribution in [0.4, 0.5) is 22.0 Å². The van der Waals surface area contributed by atoms with E-state index >= 15 is 0 Å². The Kier molecular flexibility index (Phi) is 8.59. The van der Waals surface area contributed by atoms with E-state index in [4.69, 9.17) is 0 Å². The quantitative estimate of drug-likeness (QED) is 0.237. The van der Waals surface area contributed by atoms with Crippen molar-refractivity contribution in [3.05, 3.63) is 0 Å². The van der Waals surface area contributed by atoms with Gasteiger partial charge in [-0.05, 0) is 51.1 Å². The van der Waals surface area contributed by atoms with Crippen molar-refractivity contribution in [2.75, 3.05) is 19.7 Å². The van der Waals surface area contributed by atoms with Crippen molar-refractivity contribution >= 4 is 23.5 Å². The van der Waals surface area contributed by atoms with Gasteiger partial charge in [-0.3, -0.25) is 23.9 Å². The van der Waals surface area contributed by atoms with Crippen molar-refractivity contribution in [1.29, 1.82) is 0 Å². The van der Waals surface area contributed by atoms with Gasteiger partial charge in [-0.1, -0.05) is 12.8 Å². The minimum atomic E-state index is -5.02. The van der Waals surface area contributed by atoms with E-state index in [0.717, 1.165) is 12.8 Å². The van der Waals surface area contributed by atoms with Crippen LogP contribution in [0.3, 0.4) is 0 Å². The molecule has 3 atom stereocenters. The van der Waals surface area contributed by atoms with E-state index in [0.29, 0.717) is 19.5 Å². The molecular weight excluding hydrogens is 495 g/mol. The molecule has 3 amide bonds. The Morgan fingerprint density at radius 1 is 0.972 bits per heavy atom. The van der Waals surface area contributed by atoms with Crippen molar-refractivity contribution in [2.45, 2.75) is 81.8 Å². The van der Waals surface area contributed by atoms with E-state index < -0.39 is 72.9 Å². The summed E-state index contributed by atoms with van der Waals surface area (Å²) < 4.78 is 67.3. The van der Waals surface area contributed by atoms with E-state index in [-0.39, 0.29) is 24.7 Å². The van der Waals surface area contributed by atoms with Crippen molar-refractivity contribution in [1.82, 2.24) is 21.3 Å². The average molecular weight is 527 g/mol. The fraction of sp³-hybridized carbons (Fsp3) is 0.818. The summed E-state index contributed by atoms with van der Waals surface area (Å²) in [5.41, 5.74) is -1.25. The molecule has 0 aromatic carbocycles. The molecule has 36 heavy (non-hydrogen) atoms. The first-order valence-corrected chi connectivity index (χ1v) is 11.9. The maximum Gasteiger partial charge on any atom is 0.522 e. The highest BCUT2D eigenvalue weighted by Crippen LogP contribution is 2.45. The normalized spacial score (nSPS) is 24.2. The lowest BCUT2D eigenvalue weighted by Gasteiger charge is -2.45. The van der Waals surface area contributed by atoms with Crippen LogP contribution in [0, 0.1) is 11.8 Å². The maximum atomic E-state index is 13.2. The topological polar surface area (TPSA) is 126 Å². The molecule has 9 nitrogen and oxygen atoms in total. The minimum absolute atomic E-state index is 0.0614. The van der Waals surface area contributed by atoms with Crippen LogP contribution in [0.5, 0.6) is 0 Å². The molecule has 204 valence electrons. The lowest BCUT2D eigenvalue weighted by atomic mass is 9.75. The molecule has 0 aromatic heterocycles. The fourth-order valence-electron chi connectivity index (χ4n) is 4.70. The van der Waals surface area contributed by atoms with Gasteiger partial charge in [0.25, 0.3) is 5.92 Å². The summed E-state index contributed by atoms with van der Waals surface area (Å²) in [7, 11) is 0. The zero-order valence-corrected chi connectivity index (χ0v) is 19.8. The fourth-order valence-corrected chi connectivity index (χ4v) is 4.70. The van der Waals surface area contributed by atoms with Gasteiger partial charge >= 0.3 is 18.2 Å². The van der Waals surface area contributed by atoms with Crippen LogP contribution >= 0.6 is 0 Å². The van der Waals surface area contributed by atoms with Gasteiger partial charge in [0, 0.05) is 18.4 Å². The van der Waals surface area contributed by atoms with Crippen LogP contribution in [0.2, 0.25) is 0 Å². The van der Waals surface area contributed by atoms with Crippen LogP contribution < -0.4 is 21.3 Å². The van der Waals surface area contributed by atoms with Crippen molar-refractivity contribution in [2.24, 2.45) is 11.8 Å². The first kappa shape index (κ1) is 28.2. The lowest BCUT2D eigenvalue weighted by molar-refractivity contribution is -0.321. The van der Waals surface area contributed by atoms with Crippen LogP contribution in [0.1, 0.15) is 51.9 Å². The number of carbonyl (C=O) groups is 4. The predicted octanol–water partition coefficient (Wildman–Crippen LogP) is 1.17. The average Bonchev–Trinajstić information content (AvgIpc) is 3.40. The number of amides is 3. The van der Waals surface area contributed by atoms with Crippen LogP contribution in [-0.2, 0) is 23.9 Å². The van der Waals surface area contributed by atoms with Gasteiger partial charge in [0.1, 0.15) is 12.6 Å². The van der Waals surface area contributed by atoms with E-state index in [9.17, 15) is 41.1 Å². The summed E-state index contributed by atoms with van der Waals surface area (Å²) in [6.07, 6.45) is -3.78. The molecule has 0 spiro atoms. The number of ether oxygens (including phenoxy) is 1. The van der Waals surface area contributed by atoms with Crippen molar-refractivity contribution < 1.29 is 45.9 Å². The van der Waals surface area contributed by atoms with Gasteiger partial charge in [-0.25, -0.2) is 8.78 Å². The second-order valence-electron chi connectivity index (χ2n) is 10.3.